The first-order chi connectivity index (χ1) is 12.4. The SMILES string of the molecule is CC(C)c1cc(C2CC2C2CC2c2cnc(Br)cc2C(C)C)ncc1Br. The first-order valence-corrected chi connectivity index (χ1v) is 11.3. The van der Waals surface area contributed by atoms with Gasteiger partial charge in [0.25, 0.3) is 0 Å². The predicted molar refractivity (Wildman–Crippen MR) is 114 cm³/mol. The summed E-state index contributed by atoms with van der Waals surface area (Å²) in [6.45, 7) is 9.06. The Labute approximate surface area is 173 Å². The van der Waals surface area contributed by atoms with Crippen LogP contribution in [0.1, 0.15) is 86.6 Å². The van der Waals surface area contributed by atoms with Gasteiger partial charge in [-0.15, -0.1) is 0 Å². The molecule has 0 aromatic carbocycles. The lowest BCUT2D eigenvalue weighted by Crippen LogP contribution is -1.99. The standard InChI is InChI=1S/C22H26Br2N2/c1-11(2)13-8-22(24)26-9-19(13)17-5-15(17)16-6-18(16)21-7-14(12(3)4)20(23)10-25-21/h7-12,15-18H,5-6H2,1-4H3. The molecule has 4 atom stereocenters. The van der Waals surface area contributed by atoms with E-state index in [1.54, 1.807) is 0 Å². The molecule has 26 heavy (non-hydrogen) atoms. The van der Waals surface area contributed by atoms with E-state index < -0.39 is 0 Å². The van der Waals surface area contributed by atoms with Crippen LogP contribution in [-0.4, -0.2) is 9.97 Å². The van der Waals surface area contributed by atoms with Gasteiger partial charge in [-0.05, 0) is 103 Å². The number of rotatable bonds is 5. The maximum atomic E-state index is 4.73. The topological polar surface area (TPSA) is 25.8 Å². The molecule has 4 heteroatoms. The average molecular weight is 478 g/mol. The summed E-state index contributed by atoms with van der Waals surface area (Å²) in [5, 5.41) is 0. The van der Waals surface area contributed by atoms with Crippen LogP contribution in [0.3, 0.4) is 0 Å². The highest BCUT2D eigenvalue weighted by Gasteiger charge is 2.55. The van der Waals surface area contributed by atoms with E-state index in [9.17, 15) is 0 Å². The van der Waals surface area contributed by atoms with Crippen LogP contribution >= 0.6 is 31.9 Å². The van der Waals surface area contributed by atoms with Gasteiger partial charge in [-0.3, -0.25) is 4.98 Å². The van der Waals surface area contributed by atoms with E-state index in [0.717, 1.165) is 20.9 Å². The van der Waals surface area contributed by atoms with E-state index in [1.807, 2.05) is 6.20 Å². The fourth-order valence-electron chi connectivity index (χ4n) is 4.45. The Bertz CT molecular complexity index is 831. The molecule has 0 N–H and O–H groups in total. The Morgan fingerprint density at radius 2 is 1.50 bits per heavy atom. The van der Waals surface area contributed by atoms with Gasteiger partial charge in [-0.25, -0.2) is 4.98 Å². The second-order valence-corrected chi connectivity index (χ2v) is 10.3. The van der Waals surface area contributed by atoms with Gasteiger partial charge in [-0.2, -0.15) is 0 Å². The van der Waals surface area contributed by atoms with Crippen LogP contribution in [0.4, 0.5) is 0 Å². The number of hydrogen-bond acceptors (Lipinski definition) is 2. The van der Waals surface area contributed by atoms with Crippen LogP contribution in [0.2, 0.25) is 0 Å². The molecule has 2 aromatic heterocycles. The van der Waals surface area contributed by atoms with E-state index in [2.05, 4.69) is 82.9 Å². The number of pyridine rings is 2. The molecule has 0 saturated heterocycles. The average Bonchev–Trinajstić information content (AvgIpc) is 3.47. The highest BCUT2D eigenvalue weighted by Crippen LogP contribution is 2.65. The quantitative estimate of drug-likeness (QED) is 0.427. The highest BCUT2D eigenvalue weighted by atomic mass is 79.9. The molecular formula is C22H26Br2N2. The van der Waals surface area contributed by atoms with Crippen molar-refractivity contribution in [2.24, 2.45) is 11.8 Å². The Balaban J connectivity index is 1.49. The monoisotopic (exact) mass is 476 g/mol. The lowest BCUT2D eigenvalue weighted by Gasteiger charge is -2.13. The number of halogens is 2. The molecule has 2 nitrogen and oxygen atoms in total. The van der Waals surface area contributed by atoms with Crippen LogP contribution in [0.25, 0.3) is 0 Å². The molecule has 2 aliphatic rings. The summed E-state index contributed by atoms with van der Waals surface area (Å²) >= 11 is 7.18. The molecule has 0 amide bonds. The first-order valence-electron chi connectivity index (χ1n) is 9.67. The van der Waals surface area contributed by atoms with Crippen LogP contribution in [-0.2, 0) is 0 Å². The molecular weight excluding hydrogens is 452 g/mol. The molecule has 2 aliphatic carbocycles. The van der Waals surface area contributed by atoms with Crippen molar-refractivity contribution < 1.29 is 0 Å². The normalized spacial score (nSPS) is 27.2. The Morgan fingerprint density at radius 3 is 2.19 bits per heavy atom. The van der Waals surface area contributed by atoms with Gasteiger partial charge in [0.1, 0.15) is 4.60 Å². The summed E-state index contributed by atoms with van der Waals surface area (Å²) in [6, 6.07) is 4.54. The molecule has 2 aromatic rings. The van der Waals surface area contributed by atoms with Crippen LogP contribution in [0.15, 0.2) is 33.6 Å². The molecule has 0 bridgehead atoms. The largest absolute Gasteiger partial charge is 0.260 e. The van der Waals surface area contributed by atoms with Crippen molar-refractivity contribution in [3.05, 3.63) is 56.0 Å². The second-order valence-electron chi connectivity index (χ2n) is 8.59. The van der Waals surface area contributed by atoms with Crippen molar-refractivity contribution in [2.45, 2.75) is 64.2 Å². The zero-order valence-corrected chi connectivity index (χ0v) is 19.0. The second kappa shape index (κ2) is 7.01. The van der Waals surface area contributed by atoms with Crippen molar-refractivity contribution in [1.29, 1.82) is 0 Å². The predicted octanol–water partition coefficient (Wildman–Crippen LogP) is 7.16. The molecule has 4 rings (SSSR count). The summed E-state index contributed by atoms with van der Waals surface area (Å²) < 4.78 is 2.09. The summed E-state index contributed by atoms with van der Waals surface area (Å²) in [5.41, 5.74) is 5.61. The van der Waals surface area contributed by atoms with Crippen molar-refractivity contribution in [3.8, 4) is 0 Å². The molecule has 2 heterocycles. The molecule has 2 saturated carbocycles. The lowest BCUT2D eigenvalue weighted by molar-refractivity contribution is 0.656. The van der Waals surface area contributed by atoms with Crippen molar-refractivity contribution >= 4 is 31.9 Å². The van der Waals surface area contributed by atoms with E-state index >= 15 is 0 Å². The van der Waals surface area contributed by atoms with Crippen LogP contribution < -0.4 is 0 Å². The third-order valence-electron chi connectivity index (χ3n) is 6.09. The van der Waals surface area contributed by atoms with Crippen molar-refractivity contribution in [1.82, 2.24) is 9.97 Å². The van der Waals surface area contributed by atoms with Gasteiger partial charge in [-0.1, -0.05) is 27.7 Å². The van der Waals surface area contributed by atoms with Crippen molar-refractivity contribution in [3.63, 3.8) is 0 Å². The minimum Gasteiger partial charge on any atom is -0.260 e. The summed E-state index contributed by atoms with van der Waals surface area (Å²) in [6.07, 6.45) is 6.72. The van der Waals surface area contributed by atoms with Crippen LogP contribution in [0.5, 0.6) is 0 Å². The number of aromatic nitrogens is 2. The third kappa shape index (κ3) is 3.52. The van der Waals surface area contributed by atoms with Crippen molar-refractivity contribution in [2.75, 3.05) is 0 Å². The fraction of sp³-hybridized carbons (Fsp3) is 0.545. The third-order valence-corrected chi connectivity index (χ3v) is 7.19. The van der Waals surface area contributed by atoms with E-state index in [0.29, 0.717) is 23.7 Å². The lowest BCUT2D eigenvalue weighted by atomic mass is 9.95. The van der Waals surface area contributed by atoms with E-state index in [1.165, 1.54) is 35.2 Å². The molecule has 2 fully saturated rings. The number of hydrogen-bond donors (Lipinski definition) is 0. The van der Waals surface area contributed by atoms with Crippen LogP contribution in [0, 0.1) is 11.8 Å². The van der Waals surface area contributed by atoms with Gasteiger partial charge < -0.3 is 0 Å². The molecule has 138 valence electrons. The smallest absolute Gasteiger partial charge is 0.106 e. The minimum atomic E-state index is 0.527. The first kappa shape index (κ1) is 18.6. The van der Waals surface area contributed by atoms with Gasteiger partial charge in [0, 0.05) is 28.5 Å². The summed E-state index contributed by atoms with van der Waals surface area (Å²) in [5.74, 6) is 4.04. The fourth-order valence-corrected chi connectivity index (χ4v) is 5.48. The Hall–Kier alpha value is -0.740. The molecule has 0 aliphatic heterocycles. The maximum absolute atomic E-state index is 4.73. The van der Waals surface area contributed by atoms with Gasteiger partial charge in [0.15, 0.2) is 0 Å². The van der Waals surface area contributed by atoms with Gasteiger partial charge in [0.05, 0.1) is 0 Å². The Kier molecular flexibility index (Phi) is 5.02. The maximum Gasteiger partial charge on any atom is 0.106 e. The molecule has 0 spiro atoms. The van der Waals surface area contributed by atoms with E-state index in [-0.39, 0.29) is 0 Å². The Morgan fingerprint density at radius 1 is 0.846 bits per heavy atom. The minimum absolute atomic E-state index is 0.527. The summed E-state index contributed by atoms with van der Waals surface area (Å²) in [7, 11) is 0. The van der Waals surface area contributed by atoms with Gasteiger partial charge >= 0.3 is 0 Å². The van der Waals surface area contributed by atoms with E-state index in [4.69, 9.17) is 4.98 Å². The highest BCUT2D eigenvalue weighted by molar-refractivity contribution is 9.10. The van der Waals surface area contributed by atoms with Gasteiger partial charge in [0.2, 0.25) is 0 Å². The zero-order chi connectivity index (χ0) is 18.6. The molecule has 0 radical (unpaired) electrons. The molecule has 4 unspecified atom stereocenters. The zero-order valence-electron chi connectivity index (χ0n) is 15.8. The number of nitrogens with zero attached hydrogens (tertiary/aromatic N) is 2. The summed E-state index contributed by atoms with van der Waals surface area (Å²) in [4.78, 5) is 9.25.